The Morgan fingerprint density at radius 3 is 2.54 bits per heavy atom. The normalized spacial score (nSPS) is 17.7. The van der Waals surface area contributed by atoms with E-state index in [1.807, 2.05) is 41.4 Å². The highest BCUT2D eigenvalue weighted by atomic mass is 16.5. The molecule has 3 aromatic heterocycles. The number of rotatable bonds is 6. The van der Waals surface area contributed by atoms with E-state index in [1.165, 1.54) is 0 Å². The minimum absolute atomic E-state index is 0.608. The number of aromatic nitrogens is 5. The van der Waals surface area contributed by atoms with Crippen LogP contribution in [0, 0.1) is 0 Å². The third kappa shape index (κ3) is 4.69. The minimum Gasteiger partial charge on any atom is -0.379 e. The molecule has 2 aliphatic rings. The fourth-order valence-corrected chi connectivity index (χ4v) is 4.99. The number of nitrogens with one attached hydrogen (secondary N) is 1. The number of hydrogen-bond acceptors (Lipinski definition) is 8. The highest BCUT2D eigenvalue weighted by Gasteiger charge is 2.28. The van der Waals surface area contributed by atoms with Crippen LogP contribution in [0.25, 0.3) is 16.9 Å². The van der Waals surface area contributed by atoms with Crippen LogP contribution in [-0.4, -0.2) is 74.8 Å². The fourth-order valence-electron chi connectivity index (χ4n) is 4.99. The van der Waals surface area contributed by atoms with Crippen molar-refractivity contribution < 1.29 is 4.74 Å². The van der Waals surface area contributed by atoms with Gasteiger partial charge in [-0.15, -0.1) is 0 Å². The van der Waals surface area contributed by atoms with Crippen LogP contribution in [0.4, 0.5) is 11.8 Å². The molecule has 0 spiro atoms. The largest absolute Gasteiger partial charge is 0.379 e. The molecule has 6 rings (SSSR count). The molecular weight excluding hydrogens is 440 g/mol. The Balaban J connectivity index is 1.30. The SMILES string of the molecule is c1ccc(-n2cnc3c(NCc4cccnc4)nc(N4CCC(N5CCOCC5)CC4)nc32)cc1. The standard InChI is InChI=1S/C26H30N8O/c1-2-6-22(7-3-1)34-19-29-23-24(28-18-20-5-4-10-27-17-20)30-26(31-25(23)34)33-11-8-21(9-12-33)32-13-15-35-16-14-32/h1-7,10,17,19,21H,8-9,11-16,18H2,(H,28,30,31). The molecule has 0 amide bonds. The van der Waals surface area contributed by atoms with Crippen LogP contribution in [0.2, 0.25) is 0 Å². The van der Waals surface area contributed by atoms with E-state index >= 15 is 0 Å². The van der Waals surface area contributed by atoms with Crippen molar-refractivity contribution in [3.05, 3.63) is 66.7 Å². The first-order valence-corrected chi connectivity index (χ1v) is 12.4. The lowest BCUT2D eigenvalue weighted by molar-refractivity contribution is 0.0114. The number of piperidine rings is 1. The summed E-state index contributed by atoms with van der Waals surface area (Å²) in [4.78, 5) is 23.8. The lowest BCUT2D eigenvalue weighted by Gasteiger charge is -2.40. The lowest BCUT2D eigenvalue weighted by Crippen LogP contribution is -2.49. The molecule has 180 valence electrons. The Labute approximate surface area is 204 Å². The summed E-state index contributed by atoms with van der Waals surface area (Å²) in [6.07, 6.45) is 7.70. The van der Waals surface area contributed by atoms with Gasteiger partial charge in [0.15, 0.2) is 17.0 Å². The van der Waals surface area contributed by atoms with Gasteiger partial charge >= 0.3 is 0 Å². The van der Waals surface area contributed by atoms with E-state index in [9.17, 15) is 0 Å². The van der Waals surface area contributed by atoms with E-state index in [0.717, 1.165) is 86.4 Å². The second-order valence-electron chi connectivity index (χ2n) is 9.08. The topological polar surface area (TPSA) is 84.2 Å². The maximum absolute atomic E-state index is 5.54. The maximum Gasteiger partial charge on any atom is 0.229 e. The van der Waals surface area contributed by atoms with Crippen molar-refractivity contribution in [1.29, 1.82) is 0 Å². The van der Waals surface area contributed by atoms with Crippen molar-refractivity contribution in [2.45, 2.75) is 25.4 Å². The van der Waals surface area contributed by atoms with Gasteiger partial charge in [0.05, 0.1) is 13.2 Å². The maximum atomic E-state index is 5.54. The van der Waals surface area contributed by atoms with Crippen molar-refractivity contribution in [2.24, 2.45) is 0 Å². The number of morpholine rings is 1. The molecule has 0 atom stereocenters. The molecule has 9 heteroatoms. The highest BCUT2D eigenvalue weighted by molar-refractivity contribution is 5.85. The van der Waals surface area contributed by atoms with Gasteiger partial charge in [-0.05, 0) is 36.6 Å². The van der Waals surface area contributed by atoms with E-state index < -0.39 is 0 Å². The summed E-state index contributed by atoms with van der Waals surface area (Å²) in [6.45, 7) is 6.25. The van der Waals surface area contributed by atoms with Crippen molar-refractivity contribution in [3.8, 4) is 5.69 Å². The lowest BCUT2D eigenvalue weighted by atomic mass is 10.0. The summed E-state index contributed by atoms with van der Waals surface area (Å²) in [7, 11) is 0. The number of benzene rings is 1. The summed E-state index contributed by atoms with van der Waals surface area (Å²) in [5, 5.41) is 3.49. The van der Waals surface area contributed by atoms with Gasteiger partial charge in [-0.25, -0.2) is 4.98 Å². The van der Waals surface area contributed by atoms with Crippen molar-refractivity contribution >= 4 is 22.9 Å². The monoisotopic (exact) mass is 470 g/mol. The molecule has 0 saturated carbocycles. The molecule has 9 nitrogen and oxygen atoms in total. The van der Waals surface area contributed by atoms with E-state index in [-0.39, 0.29) is 0 Å². The van der Waals surface area contributed by atoms with Crippen molar-refractivity contribution in [1.82, 2.24) is 29.4 Å². The number of imidazole rings is 1. The predicted molar refractivity (Wildman–Crippen MR) is 136 cm³/mol. The molecule has 0 unspecified atom stereocenters. The molecule has 0 bridgehead atoms. The average Bonchev–Trinajstić information content (AvgIpc) is 3.38. The zero-order valence-corrected chi connectivity index (χ0v) is 19.8. The summed E-state index contributed by atoms with van der Waals surface area (Å²) < 4.78 is 7.58. The molecule has 0 radical (unpaired) electrons. The van der Waals surface area contributed by atoms with Gasteiger partial charge < -0.3 is 15.0 Å². The molecular formula is C26H30N8O. The first kappa shape index (κ1) is 21.9. The van der Waals surface area contributed by atoms with E-state index in [1.54, 1.807) is 6.20 Å². The Hall–Kier alpha value is -3.56. The van der Waals surface area contributed by atoms with Gasteiger partial charge in [0.25, 0.3) is 0 Å². The predicted octanol–water partition coefficient (Wildman–Crippen LogP) is 3.12. The first-order chi connectivity index (χ1) is 17.3. The van der Waals surface area contributed by atoms with Gasteiger partial charge in [0.1, 0.15) is 6.33 Å². The zero-order chi connectivity index (χ0) is 23.5. The molecule has 35 heavy (non-hydrogen) atoms. The number of fused-ring (bicyclic) bond motifs is 1. The van der Waals surface area contributed by atoms with Gasteiger partial charge in [-0.2, -0.15) is 9.97 Å². The Morgan fingerprint density at radius 2 is 1.77 bits per heavy atom. The van der Waals surface area contributed by atoms with Gasteiger partial charge in [0.2, 0.25) is 5.95 Å². The number of ether oxygens (including phenoxy) is 1. The molecule has 2 fully saturated rings. The van der Waals surface area contributed by atoms with Crippen LogP contribution < -0.4 is 10.2 Å². The fraction of sp³-hybridized carbons (Fsp3) is 0.385. The number of hydrogen-bond donors (Lipinski definition) is 1. The zero-order valence-electron chi connectivity index (χ0n) is 19.8. The smallest absolute Gasteiger partial charge is 0.229 e. The summed E-state index contributed by atoms with van der Waals surface area (Å²) in [6, 6.07) is 14.8. The number of pyridine rings is 1. The Kier molecular flexibility index (Phi) is 6.25. The Morgan fingerprint density at radius 1 is 0.943 bits per heavy atom. The Bertz CT molecular complexity index is 1250. The van der Waals surface area contributed by atoms with E-state index in [2.05, 4.69) is 43.3 Å². The second-order valence-corrected chi connectivity index (χ2v) is 9.08. The first-order valence-electron chi connectivity index (χ1n) is 12.4. The molecule has 5 heterocycles. The van der Waals surface area contributed by atoms with Crippen LogP contribution in [0.5, 0.6) is 0 Å². The average molecular weight is 471 g/mol. The van der Waals surface area contributed by atoms with Gasteiger partial charge in [0, 0.05) is 56.8 Å². The minimum atomic E-state index is 0.608. The van der Waals surface area contributed by atoms with Crippen LogP contribution in [-0.2, 0) is 11.3 Å². The molecule has 1 N–H and O–H groups in total. The summed E-state index contributed by atoms with van der Waals surface area (Å²) in [5.74, 6) is 1.50. The van der Waals surface area contributed by atoms with E-state index in [4.69, 9.17) is 14.7 Å². The van der Waals surface area contributed by atoms with Crippen LogP contribution in [0.3, 0.4) is 0 Å². The number of nitrogens with zero attached hydrogens (tertiary/aromatic N) is 7. The third-order valence-corrected chi connectivity index (χ3v) is 6.91. The molecule has 2 saturated heterocycles. The quantitative estimate of drug-likeness (QED) is 0.460. The van der Waals surface area contributed by atoms with Crippen molar-refractivity contribution in [3.63, 3.8) is 0 Å². The summed E-state index contributed by atoms with van der Waals surface area (Å²) in [5.41, 5.74) is 3.70. The van der Waals surface area contributed by atoms with Gasteiger partial charge in [-0.1, -0.05) is 24.3 Å². The van der Waals surface area contributed by atoms with Crippen LogP contribution in [0.1, 0.15) is 18.4 Å². The second kappa shape index (κ2) is 9.97. The van der Waals surface area contributed by atoms with Crippen LogP contribution in [0.15, 0.2) is 61.2 Å². The van der Waals surface area contributed by atoms with Crippen LogP contribution >= 0.6 is 0 Å². The van der Waals surface area contributed by atoms with Crippen molar-refractivity contribution in [2.75, 3.05) is 49.6 Å². The van der Waals surface area contributed by atoms with Gasteiger partial charge in [-0.3, -0.25) is 14.5 Å². The highest BCUT2D eigenvalue weighted by Crippen LogP contribution is 2.27. The summed E-state index contributed by atoms with van der Waals surface area (Å²) >= 11 is 0. The molecule has 1 aromatic carbocycles. The van der Waals surface area contributed by atoms with E-state index in [0.29, 0.717) is 12.6 Å². The number of para-hydroxylation sites is 1. The molecule has 2 aliphatic heterocycles. The number of anilines is 2. The molecule has 0 aliphatic carbocycles. The third-order valence-electron chi connectivity index (χ3n) is 6.91. The molecule has 4 aromatic rings.